The monoisotopic (exact) mass is 646 g/mol. The second kappa shape index (κ2) is 14.0. The van der Waals surface area contributed by atoms with Gasteiger partial charge in [0.1, 0.15) is 29.8 Å². The standard InChI is InChI=1S/C30H37F3N8O3S/c1-18-5-3-4-8-41(18)16-24-26(20-11-21(30(31,32)33)13-22(12-20)44-2)39-29(45-24)38-17-37-27(34)23-14-36-25(15-35-23)40-9-6-19(7-10-40)28(42)43/h11-15,18-19H,3-10,16-17H2,1-2H3,(H2,34,37)(H,38,39)(H,42,43)/t18-/m1/s1. The van der Waals surface area contributed by atoms with Gasteiger partial charge in [0.15, 0.2) is 5.13 Å². The zero-order valence-corrected chi connectivity index (χ0v) is 26.0. The molecule has 0 aliphatic carbocycles. The molecule has 15 heteroatoms. The van der Waals surface area contributed by atoms with E-state index in [1.807, 2.05) is 4.90 Å². The van der Waals surface area contributed by atoms with Gasteiger partial charge in [0.25, 0.3) is 0 Å². The maximum absolute atomic E-state index is 13.7. The normalized spacial score (nSPS) is 18.6. The molecule has 2 aliphatic rings. The van der Waals surface area contributed by atoms with Crippen molar-refractivity contribution in [3.8, 4) is 17.0 Å². The van der Waals surface area contributed by atoms with Crippen molar-refractivity contribution >= 4 is 34.1 Å². The molecule has 0 radical (unpaired) electrons. The first-order valence-electron chi connectivity index (χ1n) is 14.9. The van der Waals surface area contributed by atoms with Gasteiger partial charge in [-0.3, -0.25) is 9.69 Å². The minimum absolute atomic E-state index is 0.0659. The van der Waals surface area contributed by atoms with Crippen LogP contribution in [0.5, 0.6) is 5.75 Å². The number of methoxy groups -OCH3 is 1. The topological polar surface area (TPSA) is 142 Å². The summed E-state index contributed by atoms with van der Waals surface area (Å²) in [6.45, 7) is 4.88. The van der Waals surface area contributed by atoms with Gasteiger partial charge >= 0.3 is 12.1 Å². The quantitative estimate of drug-likeness (QED) is 0.202. The molecule has 4 heterocycles. The summed E-state index contributed by atoms with van der Waals surface area (Å²) in [4.78, 5) is 34.3. The Morgan fingerprint density at radius 1 is 1.16 bits per heavy atom. The Morgan fingerprint density at radius 2 is 1.93 bits per heavy atom. The third kappa shape index (κ3) is 8.00. The van der Waals surface area contributed by atoms with Crippen molar-refractivity contribution in [2.75, 3.05) is 43.6 Å². The Bertz CT molecular complexity index is 1510. The number of alkyl halides is 3. The largest absolute Gasteiger partial charge is 0.497 e. The van der Waals surface area contributed by atoms with Gasteiger partial charge in [-0.2, -0.15) is 13.2 Å². The van der Waals surface area contributed by atoms with Crippen molar-refractivity contribution in [2.45, 2.75) is 57.8 Å². The number of halogens is 3. The number of piperidine rings is 2. The van der Waals surface area contributed by atoms with Crippen LogP contribution in [0.3, 0.4) is 0 Å². The van der Waals surface area contributed by atoms with Gasteiger partial charge in [0.05, 0.1) is 36.7 Å². The predicted molar refractivity (Wildman–Crippen MR) is 167 cm³/mol. The SMILES string of the molecule is COc1cc(-c2nc(NCN=C(N)c3cnc(N4CCC(C(=O)O)CC4)cn3)sc2CN2CCCC[C@H]2C)cc(C(F)(F)F)c1. The summed E-state index contributed by atoms with van der Waals surface area (Å²) < 4.78 is 46.3. The molecule has 2 aliphatic heterocycles. The average Bonchev–Trinajstić information content (AvgIpc) is 3.44. The number of nitrogens with two attached hydrogens (primary N) is 1. The summed E-state index contributed by atoms with van der Waals surface area (Å²) in [5.41, 5.74) is 6.56. The molecule has 0 unspecified atom stereocenters. The lowest BCUT2D eigenvalue weighted by Gasteiger charge is -2.33. The maximum atomic E-state index is 13.7. The second-order valence-corrected chi connectivity index (χ2v) is 12.4. The molecule has 2 fully saturated rings. The minimum atomic E-state index is -4.54. The molecule has 0 saturated carbocycles. The summed E-state index contributed by atoms with van der Waals surface area (Å²) in [5, 5.41) is 12.9. The highest BCUT2D eigenvalue weighted by atomic mass is 32.1. The Balaban J connectivity index is 1.31. The summed E-state index contributed by atoms with van der Waals surface area (Å²) in [5.74, 6) is -0.200. The summed E-state index contributed by atoms with van der Waals surface area (Å²) in [6.07, 6.45) is 2.97. The van der Waals surface area contributed by atoms with E-state index in [0.717, 1.165) is 42.8 Å². The van der Waals surface area contributed by atoms with Crippen LogP contribution in [0.25, 0.3) is 11.3 Å². The van der Waals surface area contributed by atoms with Gasteiger partial charge in [0, 0.05) is 36.1 Å². The van der Waals surface area contributed by atoms with Crippen molar-refractivity contribution in [2.24, 2.45) is 16.6 Å². The number of rotatable bonds is 10. The number of carboxylic acids is 1. The number of carboxylic acid groups (broad SMARTS) is 1. The predicted octanol–water partition coefficient (Wildman–Crippen LogP) is 5.08. The van der Waals surface area contributed by atoms with Crippen LogP contribution in [0.4, 0.5) is 24.1 Å². The number of nitrogens with zero attached hydrogens (tertiary/aromatic N) is 6. The molecule has 0 amide bonds. The molecule has 5 rings (SSSR count). The fourth-order valence-corrected chi connectivity index (χ4v) is 6.60. The highest BCUT2D eigenvalue weighted by Crippen LogP contribution is 2.39. The number of anilines is 2. The number of thiazole rings is 1. The minimum Gasteiger partial charge on any atom is -0.497 e. The third-order valence-corrected chi connectivity index (χ3v) is 9.27. The number of hydrogen-bond acceptors (Lipinski definition) is 10. The van der Waals surface area contributed by atoms with E-state index in [1.54, 1.807) is 12.3 Å². The van der Waals surface area contributed by atoms with Gasteiger partial charge in [-0.05, 0) is 57.4 Å². The Hall–Kier alpha value is -3.98. The number of ether oxygens (including phenoxy) is 1. The highest BCUT2D eigenvalue weighted by molar-refractivity contribution is 7.16. The summed E-state index contributed by atoms with van der Waals surface area (Å²) in [6, 6.07) is 4.02. The van der Waals surface area contributed by atoms with Gasteiger partial charge in [0.2, 0.25) is 0 Å². The van der Waals surface area contributed by atoms with Gasteiger partial charge in [-0.25, -0.2) is 19.9 Å². The highest BCUT2D eigenvalue weighted by Gasteiger charge is 2.32. The van der Waals surface area contributed by atoms with Crippen LogP contribution in [0.15, 0.2) is 35.6 Å². The molecule has 11 nitrogen and oxygen atoms in total. The maximum Gasteiger partial charge on any atom is 0.416 e. The van der Waals surface area contributed by atoms with Gasteiger partial charge in [-0.1, -0.05) is 6.42 Å². The van der Waals surface area contributed by atoms with Crippen LogP contribution in [-0.4, -0.2) is 76.2 Å². The molecular weight excluding hydrogens is 609 g/mol. The van der Waals surface area contributed by atoms with E-state index >= 15 is 0 Å². The van der Waals surface area contributed by atoms with Crippen molar-refractivity contribution in [1.29, 1.82) is 0 Å². The van der Waals surface area contributed by atoms with Gasteiger partial charge in [-0.15, -0.1) is 11.3 Å². The zero-order valence-electron chi connectivity index (χ0n) is 25.2. The zero-order chi connectivity index (χ0) is 32.1. The number of aromatic nitrogens is 3. The lowest BCUT2D eigenvalue weighted by Crippen LogP contribution is -2.36. The van der Waals surface area contributed by atoms with Crippen LogP contribution in [0.2, 0.25) is 0 Å². The van der Waals surface area contributed by atoms with Crippen molar-refractivity contribution in [3.63, 3.8) is 0 Å². The number of hydrogen-bond donors (Lipinski definition) is 3. The van der Waals surface area contributed by atoms with E-state index in [4.69, 9.17) is 15.5 Å². The first kappa shape index (κ1) is 32.4. The molecule has 242 valence electrons. The van der Waals surface area contributed by atoms with E-state index < -0.39 is 17.7 Å². The lowest BCUT2D eigenvalue weighted by atomic mass is 9.97. The molecular formula is C30H37F3N8O3S. The number of benzene rings is 1. The lowest BCUT2D eigenvalue weighted by molar-refractivity contribution is -0.142. The second-order valence-electron chi connectivity index (χ2n) is 11.3. The van der Waals surface area contributed by atoms with E-state index in [-0.39, 0.29) is 24.2 Å². The number of nitrogens with one attached hydrogen (secondary N) is 1. The third-order valence-electron chi connectivity index (χ3n) is 8.28. The molecule has 1 atom stereocenters. The molecule has 2 saturated heterocycles. The number of aliphatic imine (C=N–C) groups is 1. The van der Waals surface area contributed by atoms with Crippen molar-refractivity contribution in [3.05, 3.63) is 46.7 Å². The molecule has 4 N–H and O–H groups in total. The molecule has 0 bridgehead atoms. The van der Waals surface area contributed by atoms with Crippen LogP contribution < -0.4 is 20.7 Å². The number of aliphatic carboxylic acids is 1. The van der Waals surface area contributed by atoms with E-state index in [0.29, 0.717) is 66.4 Å². The van der Waals surface area contributed by atoms with Crippen LogP contribution in [0, 0.1) is 5.92 Å². The van der Waals surface area contributed by atoms with Crippen LogP contribution in [-0.2, 0) is 17.5 Å². The van der Waals surface area contributed by atoms with Crippen molar-refractivity contribution in [1.82, 2.24) is 19.9 Å². The first-order chi connectivity index (χ1) is 21.5. The van der Waals surface area contributed by atoms with E-state index in [9.17, 15) is 23.1 Å². The molecule has 2 aromatic heterocycles. The Morgan fingerprint density at radius 3 is 2.58 bits per heavy atom. The summed E-state index contributed by atoms with van der Waals surface area (Å²) >= 11 is 1.38. The fourth-order valence-electron chi connectivity index (χ4n) is 5.60. The fraction of sp³-hybridized carbons (Fsp3) is 0.500. The molecule has 3 aromatic rings. The van der Waals surface area contributed by atoms with E-state index in [2.05, 4.69) is 32.1 Å². The Kier molecular flexibility index (Phi) is 10.1. The number of likely N-dealkylation sites (tertiary alicyclic amines) is 1. The molecule has 0 spiro atoms. The Labute approximate surface area is 263 Å². The van der Waals surface area contributed by atoms with Gasteiger partial charge < -0.3 is 25.8 Å². The van der Waals surface area contributed by atoms with Crippen LogP contribution in [0.1, 0.15) is 55.2 Å². The average molecular weight is 647 g/mol. The number of amidine groups is 1. The summed E-state index contributed by atoms with van der Waals surface area (Å²) in [7, 11) is 1.34. The smallest absolute Gasteiger partial charge is 0.416 e. The van der Waals surface area contributed by atoms with E-state index in [1.165, 1.54) is 24.6 Å². The van der Waals surface area contributed by atoms with Crippen LogP contribution >= 0.6 is 11.3 Å². The molecule has 1 aromatic carbocycles. The van der Waals surface area contributed by atoms with Crippen molar-refractivity contribution < 1.29 is 27.8 Å². The molecule has 45 heavy (non-hydrogen) atoms. The first-order valence-corrected chi connectivity index (χ1v) is 15.7. The number of carbonyl (C=O) groups is 1.